The average Bonchev–Trinajstić information content (AvgIpc) is 3.66. The number of amides is 1. The summed E-state index contributed by atoms with van der Waals surface area (Å²) in [6, 6.07) is 10.1. The topological polar surface area (TPSA) is 111 Å². The molecule has 6 rings (SSSR count). The summed E-state index contributed by atoms with van der Waals surface area (Å²) in [6.07, 6.45) is 7.12. The van der Waals surface area contributed by atoms with Crippen molar-refractivity contribution in [1.82, 2.24) is 20.0 Å². The number of aliphatic hydroxyl groups is 1. The quantitative estimate of drug-likeness (QED) is 0.438. The number of pyridine rings is 1. The Labute approximate surface area is 234 Å². The minimum Gasteiger partial charge on any atom is -0.444 e. The number of carbonyl (C=O) groups excluding carboxylic acids is 1. The number of carbonyl (C=O) groups is 1. The molecule has 9 nitrogen and oxygen atoms in total. The molecule has 9 heteroatoms. The molecule has 3 aliphatic rings. The van der Waals surface area contributed by atoms with Gasteiger partial charge >= 0.3 is 6.09 Å². The fraction of sp³-hybridized carbons (Fsp3) is 0.548. The summed E-state index contributed by atoms with van der Waals surface area (Å²) in [6.45, 7) is 9.61. The van der Waals surface area contributed by atoms with Gasteiger partial charge in [0, 0.05) is 55.6 Å². The lowest BCUT2D eigenvalue weighted by atomic mass is 9.62. The largest absolute Gasteiger partial charge is 0.444 e. The van der Waals surface area contributed by atoms with Gasteiger partial charge in [0.2, 0.25) is 0 Å². The lowest BCUT2D eigenvalue weighted by molar-refractivity contribution is -0.131. The van der Waals surface area contributed by atoms with Crippen LogP contribution in [0.5, 0.6) is 0 Å². The van der Waals surface area contributed by atoms with Gasteiger partial charge < -0.3 is 24.0 Å². The Morgan fingerprint density at radius 2 is 1.73 bits per heavy atom. The van der Waals surface area contributed by atoms with E-state index >= 15 is 0 Å². The van der Waals surface area contributed by atoms with E-state index in [2.05, 4.69) is 27.3 Å². The molecule has 0 bridgehead atoms. The van der Waals surface area contributed by atoms with E-state index in [0.717, 1.165) is 18.4 Å². The lowest BCUT2D eigenvalue weighted by Gasteiger charge is -2.56. The molecule has 2 aliphatic heterocycles. The first-order chi connectivity index (χ1) is 19.1. The minimum atomic E-state index is -1.43. The van der Waals surface area contributed by atoms with Crippen LogP contribution in [0.15, 0.2) is 47.2 Å². The Kier molecular flexibility index (Phi) is 6.70. The van der Waals surface area contributed by atoms with E-state index < -0.39 is 16.6 Å². The molecule has 40 heavy (non-hydrogen) atoms. The van der Waals surface area contributed by atoms with Gasteiger partial charge in [0.05, 0.1) is 5.56 Å². The molecule has 0 radical (unpaired) electrons. The van der Waals surface area contributed by atoms with Crippen LogP contribution in [-0.4, -0.2) is 63.1 Å². The Bertz CT molecular complexity index is 1360. The molecule has 1 amide bonds. The van der Waals surface area contributed by atoms with Gasteiger partial charge in [-0.1, -0.05) is 36.3 Å². The summed E-state index contributed by atoms with van der Waals surface area (Å²) >= 11 is 0. The highest BCUT2D eigenvalue weighted by atomic mass is 16.6. The number of hydrogen-bond acceptors (Lipinski definition) is 8. The highest BCUT2D eigenvalue weighted by Crippen LogP contribution is 2.51. The van der Waals surface area contributed by atoms with Crippen LogP contribution in [-0.2, 0) is 15.1 Å². The SMILES string of the molecule is CC(C)(C)OC(=O)N1CC(C)(C(O)(c2ccc(C3CC3)cc2)c2cncc(-c3nc(C4CCOCC4)no3)c2)C1. The van der Waals surface area contributed by atoms with Gasteiger partial charge in [0.25, 0.3) is 5.89 Å². The third-order valence-corrected chi connectivity index (χ3v) is 8.41. The van der Waals surface area contributed by atoms with Crippen LogP contribution in [0, 0.1) is 5.41 Å². The molecule has 3 aromatic rings. The second-order valence-corrected chi connectivity index (χ2v) is 12.8. The number of benzene rings is 1. The number of hydrogen-bond donors (Lipinski definition) is 1. The smallest absolute Gasteiger partial charge is 0.410 e. The number of nitrogens with zero attached hydrogens (tertiary/aromatic N) is 4. The van der Waals surface area contributed by atoms with Gasteiger partial charge in [-0.25, -0.2) is 4.79 Å². The molecule has 3 fully saturated rings. The third kappa shape index (κ3) is 5.01. The average molecular weight is 547 g/mol. The van der Waals surface area contributed by atoms with E-state index in [4.69, 9.17) is 14.0 Å². The second kappa shape index (κ2) is 9.96. The Morgan fingerprint density at radius 3 is 2.38 bits per heavy atom. The van der Waals surface area contributed by atoms with E-state index in [9.17, 15) is 9.90 Å². The standard InChI is InChI=1S/C31H38N4O5/c1-29(2,3)39-28(36)35-18-30(4,19-35)31(37,24-9-7-21(8-10-24)20-5-6-20)25-15-23(16-32-17-25)27-33-26(34-40-27)22-11-13-38-14-12-22/h7-10,15-17,20,22,37H,5-6,11-14,18-19H2,1-4H3. The van der Waals surface area contributed by atoms with Gasteiger partial charge in [-0.15, -0.1) is 0 Å². The molecule has 4 heterocycles. The molecule has 1 unspecified atom stereocenters. The second-order valence-electron chi connectivity index (χ2n) is 12.8. The van der Waals surface area contributed by atoms with Gasteiger partial charge in [-0.05, 0) is 69.6 Å². The van der Waals surface area contributed by atoms with Crippen LogP contribution >= 0.6 is 0 Å². The summed E-state index contributed by atoms with van der Waals surface area (Å²) in [5.41, 5.74) is 0.594. The summed E-state index contributed by atoms with van der Waals surface area (Å²) < 4.78 is 16.7. The maximum Gasteiger partial charge on any atom is 0.410 e. The molecular formula is C31H38N4O5. The van der Waals surface area contributed by atoms with Gasteiger partial charge in [-0.3, -0.25) is 4.98 Å². The molecule has 212 valence electrons. The van der Waals surface area contributed by atoms with Crippen LogP contribution in [0.1, 0.15) is 87.7 Å². The van der Waals surface area contributed by atoms with E-state index in [1.54, 1.807) is 17.3 Å². The molecule has 2 saturated heterocycles. The van der Waals surface area contributed by atoms with E-state index in [-0.39, 0.29) is 12.0 Å². The molecule has 1 saturated carbocycles. The lowest BCUT2D eigenvalue weighted by Crippen LogP contribution is -2.66. The first-order valence-electron chi connectivity index (χ1n) is 14.2. The minimum absolute atomic E-state index is 0.206. The fourth-order valence-electron chi connectivity index (χ4n) is 5.99. The van der Waals surface area contributed by atoms with Gasteiger partial charge in [-0.2, -0.15) is 4.98 Å². The Hall–Kier alpha value is -3.30. The number of likely N-dealkylation sites (tertiary alicyclic amines) is 1. The monoisotopic (exact) mass is 546 g/mol. The zero-order chi connectivity index (χ0) is 28.1. The predicted molar refractivity (Wildman–Crippen MR) is 148 cm³/mol. The van der Waals surface area contributed by atoms with Crippen LogP contribution in [0.25, 0.3) is 11.5 Å². The highest BCUT2D eigenvalue weighted by Gasteiger charge is 2.58. The van der Waals surface area contributed by atoms with Crippen molar-refractivity contribution in [2.75, 3.05) is 26.3 Å². The van der Waals surface area contributed by atoms with E-state index in [1.165, 1.54) is 18.4 Å². The summed E-state index contributed by atoms with van der Waals surface area (Å²) in [7, 11) is 0. The maximum atomic E-state index is 12.8. The van der Waals surface area contributed by atoms with Crippen LogP contribution in [0.4, 0.5) is 4.79 Å². The first-order valence-corrected chi connectivity index (χ1v) is 14.2. The van der Waals surface area contributed by atoms with E-state index in [0.29, 0.717) is 55.1 Å². The van der Waals surface area contributed by atoms with E-state index in [1.807, 2.05) is 45.9 Å². The van der Waals surface area contributed by atoms with Crippen molar-refractivity contribution in [3.63, 3.8) is 0 Å². The van der Waals surface area contributed by atoms with Crippen molar-refractivity contribution in [1.29, 1.82) is 0 Å². The predicted octanol–water partition coefficient (Wildman–Crippen LogP) is 5.40. The summed E-state index contributed by atoms with van der Waals surface area (Å²) in [5.74, 6) is 1.86. The van der Waals surface area contributed by atoms with Gasteiger partial charge in [0.1, 0.15) is 11.2 Å². The molecule has 2 aromatic heterocycles. The van der Waals surface area contributed by atoms with Crippen molar-refractivity contribution in [2.24, 2.45) is 5.41 Å². The molecule has 1 aliphatic carbocycles. The Balaban J connectivity index is 1.33. The molecular weight excluding hydrogens is 508 g/mol. The normalized spacial score (nSPS) is 21.0. The van der Waals surface area contributed by atoms with Crippen molar-refractivity contribution in [3.8, 4) is 11.5 Å². The Morgan fingerprint density at radius 1 is 1.02 bits per heavy atom. The van der Waals surface area contributed by atoms with Gasteiger partial charge in [0.15, 0.2) is 5.82 Å². The van der Waals surface area contributed by atoms with Crippen molar-refractivity contribution >= 4 is 6.09 Å². The highest BCUT2D eigenvalue weighted by molar-refractivity contribution is 5.70. The summed E-state index contributed by atoms with van der Waals surface area (Å²) in [5, 5.41) is 16.9. The number of rotatable bonds is 6. The van der Waals surface area contributed by atoms with Crippen molar-refractivity contribution < 1.29 is 23.9 Å². The number of aromatic nitrogens is 3. The molecule has 0 spiro atoms. The fourth-order valence-corrected chi connectivity index (χ4v) is 5.99. The van der Waals surface area contributed by atoms with Crippen LogP contribution < -0.4 is 0 Å². The number of ether oxygens (including phenoxy) is 2. The molecule has 1 N–H and O–H groups in total. The zero-order valence-electron chi connectivity index (χ0n) is 23.7. The third-order valence-electron chi connectivity index (χ3n) is 8.41. The van der Waals surface area contributed by atoms with Crippen LogP contribution in [0.2, 0.25) is 0 Å². The zero-order valence-corrected chi connectivity index (χ0v) is 23.7. The maximum absolute atomic E-state index is 12.8. The van der Waals surface area contributed by atoms with Crippen molar-refractivity contribution in [2.45, 2.75) is 76.4 Å². The van der Waals surface area contributed by atoms with Crippen molar-refractivity contribution in [3.05, 3.63) is 65.2 Å². The van der Waals surface area contributed by atoms with Crippen LogP contribution in [0.3, 0.4) is 0 Å². The molecule has 1 aromatic carbocycles. The first kappa shape index (κ1) is 26.9. The molecule has 1 atom stereocenters. The summed E-state index contributed by atoms with van der Waals surface area (Å²) in [4.78, 5) is 23.6.